The van der Waals surface area contributed by atoms with Crippen LogP contribution in [-0.2, 0) is 6.42 Å². The molecule has 0 unspecified atom stereocenters. The molecular formula is C14H12BrNOS. The van der Waals surface area contributed by atoms with E-state index in [9.17, 15) is 4.79 Å². The minimum atomic E-state index is 0.256. The second-order valence-corrected chi connectivity index (χ2v) is 6.39. The highest BCUT2D eigenvalue weighted by atomic mass is 79.9. The van der Waals surface area contributed by atoms with E-state index >= 15 is 0 Å². The first-order chi connectivity index (χ1) is 8.65. The Labute approximate surface area is 118 Å². The first-order valence-corrected chi connectivity index (χ1v) is 7.55. The molecule has 92 valence electrons. The number of carbonyl (C=O) groups is 1. The number of ketones is 1. The molecule has 1 aromatic heterocycles. The third-order valence-corrected chi connectivity index (χ3v) is 5.23. The van der Waals surface area contributed by atoms with Crippen LogP contribution in [0.3, 0.4) is 0 Å². The van der Waals surface area contributed by atoms with E-state index in [1.54, 1.807) is 0 Å². The lowest BCUT2D eigenvalue weighted by molar-refractivity contribution is 0.0976. The van der Waals surface area contributed by atoms with Crippen molar-refractivity contribution < 1.29 is 4.79 Å². The summed E-state index contributed by atoms with van der Waals surface area (Å²) < 4.78 is 1.08. The van der Waals surface area contributed by atoms with Gasteiger partial charge in [-0.25, -0.2) is 4.98 Å². The van der Waals surface area contributed by atoms with Crippen molar-refractivity contribution in [3.63, 3.8) is 0 Å². The first kappa shape index (κ1) is 12.1. The smallest absolute Gasteiger partial charge is 0.174 e. The van der Waals surface area contributed by atoms with Crippen molar-refractivity contribution in [2.75, 3.05) is 0 Å². The molecule has 0 amide bonds. The Morgan fingerprint density at radius 1 is 1.33 bits per heavy atom. The molecule has 2 nitrogen and oxygen atoms in total. The van der Waals surface area contributed by atoms with Crippen LogP contribution in [0, 0.1) is 6.92 Å². The summed E-state index contributed by atoms with van der Waals surface area (Å²) in [7, 11) is 0. The second-order valence-electron chi connectivity index (χ2n) is 4.54. The molecule has 3 rings (SSSR count). The van der Waals surface area contributed by atoms with Crippen LogP contribution in [0.15, 0.2) is 22.7 Å². The van der Waals surface area contributed by atoms with E-state index in [-0.39, 0.29) is 5.78 Å². The van der Waals surface area contributed by atoms with Crippen molar-refractivity contribution >= 4 is 33.0 Å². The molecule has 1 aliphatic carbocycles. The number of aromatic nitrogens is 1. The largest absolute Gasteiger partial charge is 0.293 e. The Morgan fingerprint density at radius 3 is 2.89 bits per heavy atom. The van der Waals surface area contributed by atoms with Crippen LogP contribution < -0.4 is 0 Å². The number of nitrogens with zero attached hydrogens (tertiary/aromatic N) is 1. The zero-order valence-corrected chi connectivity index (χ0v) is 12.4. The van der Waals surface area contributed by atoms with Gasteiger partial charge in [-0.1, -0.05) is 28.1 Å². The van der Waals surface area contributed by atoms with E-state index in [0.717, 1.165) is 38.5 Å². The van der Waals surface area contributed by atoms with Gasteiger partial charge in [0.2, 0.25) is 0 Å². The summed E-state index contributed by atoms with van der Waals surface area (Å²) in [6.07, 6.45) is 2.55. The van der Waals surface area contributed by atoms with Gasteiger partial charge in [0.25, 0.3) is 0 Å². The highest BCUT2D eigenvalue weighted by Gasteiger charge is 2.22. The molecule has 0 saturated heterocycles. The van der Waals surface area contributed by atoms with Crippen molar-refractivity contribution in [1.29, 1.82) is 0 Å². The topological polar surface area (TPSA) is 30.0 Å². The molecule has 0 N–H and O–H groups in total. The Balaban J connectivity index is 2.07. The number of carbonyl (C=O) groups excluding carboxylic acids is 1. The van der Waals surface area contributed by atoms with Gasteiger partial charge in [-0.3, -0.25) is 4.79 Å². The fourth-order valence-corrected chi connectivity index (χ4v) is 3.57. The minimum absolute atomic E-state index is 0.256. The van der Waals surface area contributed by atoms with Gasteiger partial charge in [0.15, 0.2) is 5.78 Å². The zero-order valence-electron chi connectivity index (χ0n) is 10.00. The summed E-state index contributed by atoms with van der Waals surface area (Å²) >= 11 is 5.07. The number of hydrogen-bond acceptors (Lipinski definition) is 3. The van der Waals surface area contributed by atoms with E-state index in [1.165, 1.54) is 16.9 Å². The van der Waals surface area contributed by atoms with E-state index in [0.29, 0.717) is 6.42 Å². The average Bonchev–Trinajstić information content (AvgIpc) is 2.78. The fourth-order valence-electron chi connectivity index (χ4n) is 2.12. The number of thiazole rings is 1. The Kier molecular flexibility index (Phi) is 3.08. The fraction of sp³-hybridized carbons (Fsp3) is 0.286. The minimum Gasteiger partial charge on any atom is -0.293 e. The van der Waals surface area contributed by atoms with Gasteiger partial charge in [-0.05, 0) is 31.4 Å². The third kappa shape index (κ3) is 2.04. The van der Waals surface area contributed by atoms with Gasteiger partial charge < -0.3 is 0 Å². The first-order valence-electron chi connectivity index (χ1n) is 5.94. The van der Waals surface area contributed by atoms with Crippen molar-refractivity contribution in [3.05, 3.63) is 38.8 Å². The molecule has 2 aromatic rings. The predicted molar refractivity (Wildman–Crippen MR) is 77.3 cm³/mol. The van der Waals surface area contributed by atoms with E-state index < -0.39 is 0 Å². The number of aryl methyl sites for hydroxylation is 2. The maximum Gasteiger partial charge on any atom is 0.174 e. The summed E-state index contributed by atoms with van der Waals surface area (Å²) in [5.41, 5.74) is 3.28. The Hall–Kier alpha value is -1.00. The quantitative estimate of drug-likeness (QED) is 0.779. The highest BCUT2D eigenvalue weighted by Crippen LogP contribution is 2.34. The van der Waals surface area contributed by atoms with Gasteiger partial charge in [-0.15, -0.1) is 11.3 Å². The summed E-state index contributed by atoms with van der Waals surface area (Å²) in [5.74, 6) is 0.256. The molecule has 1 aromatic carbocycles. The molecule has 0 spiro atoms. The molecule has 18 heavy (non-hydrogen) atoms. The van der Waals surface area contributed by atoms with Gasteiger partial charge in [0, 0.05) is 16.5 Å². The van der Waals surface area contributed by atoms with Gasteiger partial charge in [-0.2, -0.15) is 0 Å². The number of halogens is 1. The number of Topliss-reactive ketones (excluding diaryl/α,β-unsaturated/α-hetero) is 1. The predicted octanol–water partition coefficient (Wildman–Crippen LogP) is 4.40. The molecule has 0 fully saturated rings. The standard InChI is InChI=1S/C14H12BrNOS/c1-8-5-6-9(7-10(8)15)14-16-11-3-2-4-12(17)13(11)18-14/h5-7H,2-4H2,1H3. The van der Waals surface area contributed by atoms with E-state index in [4.69, 9.17) is 0 Å². The van der Waals surface area contributed by atoms with E-state index in [2.05, 4.69) is 46.0 Å². The van der Waals surface area contributed by atoms with Crippen LogP contribution in [0.25, 0.3) is 10.6 Å². The lowest BCUT2D eigenvalue weighted by Gasteiger charge is -2.06. The van der Waals surface area contributed by atoms with Crippen molar-refractivity contribution in [3.8, 4) is 10.6 Å². The number of fused-ring (bicyclic) bond motifs is 1. The van der Waals surface area contributed by atoms with Gasteiger partial charge in [0.05, 0.1) is 10.6 Å². The number of hydrogen-bond donors (Lipinski definition) is 0. The average molecular weight is 322 g/mol. The summed E-state index contributed by atoms with van der Waals surface area (Å²) in [4.78, 5) is 17.3. The summed E-state index contributed by atoms with van der Waals surface area (Å²) in [6, 6.07) is 6.21. The van der Waals surface area contributed by atoms with Crippen LogP contribution in [-0.4, -0.2) is 10.8 Å². The van der Waals surface area contributed by atoms with Crippen molar-refractivity contribution in [2.24, 2.45) is 0 Å². The number of benzene rings is 1. The molecule has 1 heterocycles. The SMILES string of the molecule is Cc1ccc(-c2nc3c(s2)C(=O)CCC3)cc1Br. The lowest BCUT2D eigenvalue weighted by Crippen LogP contribution is -2.07. The van der Waals surface area contributed by atoms with Crippen LogP contribution in [0.4, 0.5) is 0 Å². The molecular weight excluding hydrogens is 310 g/mol. The van der Waals surface area contributed by atoms with Crippen LogP contribution in [0.5, 0.6) is 0 Å². The summed E-state index contributed by atoms with van der Waals surface area (Å²) in [6.45, 7) is 2.06. The highest BCUT2D eigenvalue weighted by molar-refractivity contribution is 9.10. The van der Waals surface area contributed by atoms with Gasteiger partial charge >= 0.3 is 0 Å². The normalized spacial score (nSPS) is 14.7. The maximum atomic E-state index is 11.8. The number of rotatable bonds is 1. The van der Waals surface area contributed by atoms with Crippen LogP contribution >= 0.6 is 27.3 Å². The van der Waals surface area contributed by atoms with Gasteiger partial charge in [0.1, 0.15) is 5.01 Å². The zero-order chi connectivity index (χ0) is 12.7. The lowest BCUT2D eigenvalue weighted by atomic mass is 10.0. The Morgan fingerprint density at radius 2 is 2.17 bits per heavy atom. The monoisotopic (exact) mass is 321 g/mol. The maximum absolute atomic E-state index is 11.8. The van der Waals surface area contributed by atoms with Crippen molar-refractivity contribution in [1.82, 2.24) is 4.98 Å². The summed E-state index contributed by atoms with van der Waals surface area (Å²) in [5, 5.41) is 0.955. The van der Waals surface area contributed by atoms with Crippen molar-refractivity contribution in [2.45, 2.75) is 26.2 Å². The van der Waals surface area contributed by atoms with E-state index in [1.807, 2.05) is 0 Å². The molecule has 0 bridgehead atoms. The van der Waals surface area contributed by atoms with Crippen LogP contribution in [0.1, 0.15) is 33.8 Å². The Bertz CT molecular complexity index is 633. The molecule has 4 heteroatoms. The molecule has 0 radical (unpaired) electrons. The second kappa shape index (κ2) is 4.59. The molecule has 0 atom stereocenters. The van der Waals surface area contributed by atoms with Crippen LogP contribution in [0.2, 0.25) is 0 Å². The molecule has 1 aliphatic rings. The molecule has 0 saturated carbocycles. The third-order valence-electron chi connectivity index (χ3n) is 3.19. The molecule has 0 aliphatic heterocycles.